The van der Waals surface area contributed by atoms with Crippen molar-refractivity contribution in [2.24, 2.45) is 35.0 Å². The molecule has 5 atom stereocenters. The fraction of sp³-hybridized carbons (Fsp3) is 0.933. The van der Waals surface area contributed by atoms with E-state index < -0.39 is 12.1 Å². The maximum atomic E-state index is 12.7. The minimum atomic E-state index is -0.476. The Morgan fingerprint density at radius 2 is 1.81 bits per heavy atom. The number of hydrogen-bond acceptors (Lipinski definition) is 5. The summed E-state index contributed by atoms with van der Waals surface area (Å²) in [6, 6.07) is 1.97. The van der Waals surface area contributed by atoms with Crippen LogP contribution in [-0.4, -0.2) is 62.8 Å². The van der Waals surface area contributed by atoms with Crippen LogP contribution in [-0.2, 0) is 9.53 Å². The van der Waals surface area contributed by atoms with Gasteiger partial charge in [-0.15, -0.1) is 0 Å². The van der Waals surface area contributed by atoms with Gasteiger partial charge in [0.2, 0.25) is 0 Å². The van der Waals surface area contributed by atoms with Crippen LogP contribution in [0.2, 0.25) is 0 Å². The van der Waals surface area contributed by atoms with Gasteiger partial charge in [-0.05, 0) is 139 Å². The van der Waals surface area contributed by atoms with Gasteiger partial charge in [-0.3, -0.25) is 4.79 Å². The molecule has 1 spiro atoms. The number of nitrogens with zero attached hydrogens (tertiary/aromatic N) is 2. The number of rotatable bonds is 5. The Labute approximate surface area is 219 Å². The number of amides is 1. The molecule has 0 bridgehead atoms. The fourth-order valence-corrected chi connectivity index (χ4v) is 8.81. The van der Waals surface area contributed by atoms with Gasteiger partial charge in [-0.25, -0.2) is 0 Å². The average Bonchev–Trinajstić information content (AvgIpc) is 3.23. The summed E-state index contributed by atoms with van der Waals surface area (Å²) in [5, 5.41) is 16.1. The van der Waals surface area contributed by atoms with E-state index in [4.69, 9.17) is 4.74 Å². The molecule has 2 N–H and O–H groups in total. The van der Waals surface area contributed by atoms with Crippen molar-refractivity contribution in [1.29, 1.82) is 5.26 Å². The first-order valence-corrected chi connectivity index (χ1v) is 15.3. The number of likely N-dealkylation sites (tertiary alicyclic amines) is 1. The van der Waals surface area contributed by atoms with Crippen LogP contribution in [0.5, 0.6) is 0 Å². The van der Waals surface area contributed by atoms with E-state index in [2.05, 4.69) is 28.7 Å². The SMILES string of the molecule is CN1CCC2(CCC3CCC(C4CCC(C[C@@H](C#N)NC(=O)[C@@H]5CNCCCCO5)CC4)CC32)CC1. The highest BCUT2D eigenvalue weighted by Gasteiger charge is 2.51. The molecule has 0 radical (unpaired) electrons. The molecule has 3 aliphatic carbocycles. The first-order chi connectivity index (χ1) is 17.6. The molecular formula is C30H50N4O2. The molecule has 1 amide bonds. The number of hydrogen-bond donors (Lipinski definition) is 2. The van der Waals surface area contributed by atoms with Crippen LogP contribution in [0.4, 0.5) is 0 Å². The molecular weight excluding hydrogens is 448 g/mol. The molecule has 0 aromatic rings. The summed E-state index contributed by atoms with van der Waals surface area (Å²) in [5.41, 5.74) is 0.668. The first-order valence-electron chi connectivity index (χ1n) is 15.3. The average molecular weight is 499 g/mol. The third-order valence-corrected chi connectivity index (χ3v) is 11.1. The number of nitriles is 1. The minimum absolute atomic E-state index is 0.124. The molecule has 3 saturated carbocycles. The molecule has 2 heterocycles. The van der Waals surface area contributed by atoms with Gasteiger partial charge < -0.3 is 20.3 Å². The molecule has 2 saturated heterocycles. The van der Waals surface area contributed by atoms with Gasteiger partial charge in [-0.2, -0.15) is 5.26 Å². The lowest BCUT2D eigenvalue weighted by atomic mass is 9.59. The summed E-state index contributed by atoms with van der Waals surface area (Å²) < 4.78 is 5.75. The number of fused-ring (bicyclic) bond motifs is 2. The molecule has 6 heteroatoms. The Bertz CT molecular complexity index is 757. The monoisotopic (exact) mass is 498 g/mol. The zero-order valence-electron chi connectivity index (χ0n) is 22.7. The van der Waals surface area contributed by atoms with E-state index in [9.17, 15) is 10.1 Å². The Morgan fingerprint density at radius 1 is 1.06 bits per heavy atom. The summed E-state index contributed by atoms with van der Waals surface area (Å²) in [7, 11) is 2.30. The van der Waals surface area contributed by atoms with E-state index in [1.54, 1.807) is 0 Å². The minimum Gasteiger partial charge on any atom is -0.367 e. The molecule has 3 unspecified atom stereocenters. The van der Waals surface area contributed by atoms with Crippen molar-refractivity contribution in [3.63, 3.8) is 0 Å². The quantitative estimate of drug-likeness (QED) is 0.584. The van der Waals surface area contributed by atoms with E-state index in [-0.39, 0.29) is 5.91 Å². The Hall–Kier alpha value is -1.16. The topological polar surface area (TPSA) is 77.4 Å². The second-order valence-electron chi connectivity index (χ2n) is 13.1. The van der Waals surface area contributed by atoms with Crippen molar-refractivity contribution >= 4 is 5.91 Å². The van der Waals surface area contributed by atoms with E-state index in [1.807, 2.05) is 0 Å². The smallest absolute Gasteiger partial charge is 0.251 e. The maximum Gasteiger partial charge on any atom is 0.251 e. The van der Waals surface area contributed by atoms with Gasteiger partial charge in [-0.1, -0.05) is 12.8 Å². The van der Waals surface area contributed by atoms with Crippen molar-refractivity contribution in [3.8, 4) is 6.07 Å². The number of carbonyl (C=O) groups excluding carboxylic acids is 1. The largest absolute Gasteiger partial charge is 0.367 e. The highest BCUT2D eigenvalue weighted by molar-refractivity contribution is 5.81. The number of piperidine rings is 1. The standard InChI is InChI=1S/C30H50N4O2/c1-34-15-12-30(13-16-34)11-10-24-8-9-25(19-27(24)30)23-6-4-22(5-7-23)18-26(20-31)33-29(35)28-21-32-14-2-3-17-36-28/h22-28,32H,2-19,21H2,1H3,(H,33,35)/t22?,23?,24?,25?,26-,27?,28-/m0/s1. The molecule has 2 aliphatic heterocycles. The molecule has 36 heavy (non-hydrogen) atoms. The number of nitrogens with one attached hydrogen (secondary N) is 2. The first kappa shape index (κ1) is 26.4. The Kier molecular flexibility index (Phi) is 8.91. The zero-order valence-corrected chi connectivity index (χ0v) is 22.7. The van der Waals surface area contributed by atoms with Gasteiger partial charge >= 0.3 is 0 Å². The molecule has 5 rings (SSSR count). The number of carbonyl (C=O) groups is 1. The summed E-state index contributed by atoms with van der Waals surface area (Å²) in [6.45, 7) is 4.70. The molecule has 0 aromatic heterocycles. The molecule has 202 valence electrons. The van der Waals surface area contributed by atoms with Gasteiger partial charge in [0.05, 0.1) is 6.07 Å². The van der Waals surface area contributed by atoms with Gasteiger partial charge in [0.1, 0.15) is 12.1 Å². The number of ether oxygens (including phenoxy) is 1. The lowest BCUT2D eigenvalue weighted by molar-refractivity contribution is -0.133. The summed E-state index contributed by atoms with van der Waals surface area (Å²) >= 11 is 0. The van der Waals surface area contributed by atoms with E-state index >= 15 is 0 Å². The summed E-state index contributed by atoms with van der Waals surface area (Å²) in [5.74, 6) is 4.25. The second kappa shape index (κ2) is 12.1. The van der Waals surface area contributed by atoms with E-state index in [0.29, 0.717) is 24.5 Å². The van der Waals surface area contributed by atoms with Crippen molar-refractivity contribution in [3.05, 3.63) is 0 Å². The van der Waals surface area contributed by atoms with E-state index in [1.165, 1.54) is 83.7 Å². The maximum absolute atomic E-state index is 12.7. The fourth-order valence-electron chi connectivity index (χ4n) is 8.81. The van der Waals surface area contributed by atoms with Gasteiger partial charge in [0, 0.05) is 13.2 Å². The van der Waals surface area contributed by atoms with Crippen LogP contribution in [0.15, 0.2) is 0 Å². The van der Waals surface area contributed by atoms with Crippen molar-refractivity contribution in [1.82, 2.24) is 15.5 Å². The van der Waals surface area contributed by atoms with E-state index in [0.717, 1.165) is 49.5 Å². The van der Waals surface area contributed by atoms with Crippen molar-refractivity contribution in [2.75, 3.05) is 39.8 Å². The van der Waals surface area contributed by atoms with Crippen LogP contribution < -0.4 is 10.6 Å². The normalized spacial score (nSPS) is 38.3. The van der Waals surface area contributed by atoms with Crippen molar-refractivity contribution < 1.29 is 9.53 Å². The Balaban J connectivity index is 1.08. The summed E-state index contributed by atoms with van der Waals surface area (Å²) in [4.78, 5) is 15.3. The third kappa shape index (κ3) is 6.11. The second-order valence-corrected chi connectivity index (χ2v) is 13.1. The van der Waals surface area contributed by atoms with Crippen molar-refractivity contribution in [2.45, 2.75) is 102 Å². The molecule has 0 aromatic carbocycles. The highest BCUT2D eigenvalue weighted by Crippen LogP contribution is 2.60. The summed E-state index contributed by atoms with van der Waals surface area (Å²) in [6.07, 6.45) is 17.8. The molecule has 5 aliphatic rings. The molecule has 5 fully saturated rings. The lowest BCUT2D eigenvalue weighted by Gasteiger charge is -2.48. The van der Waals surface area contributed by atoms with Crippen LogP contribution in [0.3, 0.4) is 0 Å². The lowest BCUT2D eigenvalue weighted by Crippen LogP contribution is -2.47. The highest BCUT2D eigenvalue weighted by atomic mass is 16.5. The van der Waals surface area contributed by atoms with Crippen LogP contribution >= 0.6 is 0 Å². The van der Waals surface area contributed by atoms with Gasteiger partial charge in [0.25, 0.3) is 5.91 Å². The van der Waals surface area contributed by atoms with Crippen LogP contribution in [0, 0.1) is 46.3 Å². The predicted octanol–water partition coefficient (Wildman–Crippen LogP) is 4.50. The Morgan fingerprint density at radius 3 is 2.58 bits per heavy atom. The zero-order chi connectivity index (χ0) is 25.0. The van der Waals surface area contributed by atoms with Crippen LogP contribution in [0.1, 0.15) is 89.9 Å². The van der Waals surface area contributed by atoms with Crippen LogP contribution in [0.25, 0.3) is 0 Å². The third-order valence-electron chi connectivity index (χ3n) is 11.1. The molecule has 6 nitrogen and oxygen atoms in total. The van der Waals surface area contributed by atoms with Gasteiger partial charge in [0.15, 0.2) is 0 Å². The predicted molar refractivity (Wildman–Crippen MR) is 142 cm³/mol.